The molecule has 1 saturated heterocycles. The highest BCUT2D eigenvalue weighted by atomic mass is 19.1. The molecule has 32 heavy (non-hydrogen) atoms. The Balaban J connectivity index is 1.55. The first kappa shape index (κ1) is 23.7. The van der Waals surface area contributed by atoms with E-state index in [-0.39, 0.29) is 11.9 Å². The van der Waals surface area contributed by atoms with E-state index in [1.807, 2.05) is 31.1 Å². The second-order valence-corrected chi connectivity index (χ2v) is 7.99. The van der Waals surface area contributed by atoms with Crippen LogP contribution in [0.5, 0.6) is 0 Å². The topological polar surface area (TPSA) is 73.9 Å². The molecule has 1 heterocycles. The second-order valence-electron chi connectivity index (χ2n) is 7.99. The summed E-state index contributed by atoms with van der Waals surface area (Å²) in [6.45, 7) is 3.44. The van der Waals surface area contributed by atoms with E-state index in [2.05, 4.69) is 27.7 Å². The summed E-state index contributed by atoms with van der Waals surface area (Å²) in [5.74, 6) is -1.63. The number of anilines is 1. The Hall–Kier alpha value is -2.97. The first-order chi connectivity index (χ1) is 15.4. The normalized spacial score (nSPS) is 15.1. The fourth-order valence-corrected chi connectivity index (χ4v) is 3.66. The molecule has 1 aliphatic heterocycles. The van der Waals surface area contributed by atoms with Crippen molar-refractivity contribution in [3.05, 3.63) is 65.5 Å². The van der Waals surface area contributed by atoms with Crippen LogP contribution in [0.4, 0.5) is 10.1 Å². The van der Waals surface area contributed by atoms with Crippen molar-refractivity contribution in [3.63, 3.8) is 0 Å². The molecule has 2 aromatic rings. The van der Waals surface area contributed by atoms with E-state index in [0.29, 0.717) is 32.7 Å². The zero-order valence-corrected chi connectivity index (χ0v) is 18.6. The van der Waals surface area contributed by atoms with Crippen molar-refractivity contribution < 1.29 is 18.7 Å². The molecule has 0 radical (unpaired) electrons. The molecular formula is C24H31FN4O3. The molecule has 2 N–H and O–H groups in total. The van der Waals surface area contributed by atoms with Crippen LogP contribution < -0.4 is 15.5 Å². The average Bonchev–Trinajstić information content (AvgIpc) is 2.81. The van der Waals surface area contributed by atoms with Crippen LogP contribution in [0.25, 0.3) is 0 Å². The van der Waals surface area contributed by atoms with Crippen molar-refractivity contribution in [1.29, 1.82) is 0 Å². The number of halogens is 1. The van der Waals surface area contributed by atoms with Crippen molar-refractivity contribution in [3.8, 4) is 0 Å². The number of nitrogens with one attached hydrogen (secondary N) is 2. The van der Waals surface area contributed by atoms with Gasteiger partial charge in [-0.05, 0) is 41.8 Å². The van der Waals surface area contributed by atoms with Gasteiger partial charge in [0.25, 0.3) is 0 Å². The van der Waals surface area contributed by atoms with Gasteiger partial charge in [-0.1, -0.05) is 24.3 Å². The molecule has 0 saturated carbocycles. The number of morpholine rings is 1. The number of carbonyl (C=O) groups is 2. The van der Waals surface area contributed by atoms with Crippen LogP contribution in [0, 0.1) is 5.82 Å². The van der Waals surface area contributed by atoms with E-state index < -0.39 is 11.8 Å². The molecule has 0 aromatic heterocycles. The first-order valence-electron chi connectivity index (χ1n) is 10.8. The van der Waals surface area contributed by atoms with Crippen LogP contribution in [0.2, 0.25) is 0 Å². The van der Waals surface area contributed by atoms with E-state index >= 15 is 0 Å². The summed E-state index contributed by atoms with van der Waals surface area (Å²) in [7, 11) is 3.98. The number of carbonyl (C=O) groups excluding carboxylic acids is 2. The number of ether oxygens (including phenoxy) is 1. The van der Waals surface area contributed by atoms with E-state index in [1.165, 1.54) is 12.1 Å². The van der Waals surface area contributed by atoms with Crippen LogP contribution in [0.15, 0.2) is 48.5 Å². The first-order valence-corrected chi connectivity index (χ1v) is 10.8. The molecule has 3 rings (SSSR count). The zero-order chi connectivity index (χ0) is 22.9. The molecule has 2 amide bonds. The summed E-state index contributed by atoms with van der Waals surface area (Å²) in [6.07, 6.45) is 0.522. The van der Waals surface area contributed by atoms with Crippen molar-refractivity contribution in [2.45, 2.75) is 12.5 Å². The summed E-state index contributed by atoms with van der Waals surface area (Å²) in [5.41, 5.74) is 3.06. The Morgan fingerprint density at radius 1 is 1.00 bits per heavy atom. The molecule has 2 aromatic carbocycles. The predicted octanol–water partition coefficient (Wildman–Crippen LogP) is 1.74. The van der Waals surface area contributed by atoms with E-state index in [0.717, 1.165) is 29.9 Å². The molecule has 7 nitrogen and oxygen atoms in total. The van der Waals surface area contributed by atoms with Crippen molar-refractivity contribution in [2.75, 3.05) is 58.4 Å². The van der Waals surface area contributed by atoms with Crippen LogP contribution in [-0.2, 0) is 20.7 Å². The second kappa shape index (κ2) is 11.6. The van der Waals surface area contributed by atoms with Gasteiger partial charge in [0.2, 0.25) is 0 Å². The number of hydrogen-bond acceptors (Lipinski definition) is 5. The quantitative estimate of drug-likeness (QED) is 0.610. The van der Waals surface area contributed by atoms with Crippen LogP contribution in [-0.4, -0.2) is 70.2 Å². The standard InChI is InChI=1S/C24H31FN4O3/c1-28(2)21-9-5-19(6-10-21)22(29-13-15-32-16-14-29)17-27-24(31)23(30)26-12-11-18-3-7-20(25)8-4-18/h3-10,22H,11-17H2,1-2H3,(H,26,30)(H,27,31). The van der Waals surface area contributed by atoms with Gasteiger partial charge in [0, 0.05) is 46.0 Å². The molecule has 0 aliphatic carbocycles. The highest BCUT2D eigenvalue weighted by Crippen LogP contribution is 2.23. The smallest absolute Gasteiger partial charge is 0.309 e. The molecule has 8 heteroatoms. The summed E-state index contributed by atoms with van der Waals surface area (Å²) in [6, 6.07) is 14.2. The third-order valence-corrected chi connectivity index (χ3v) is 5.56. The fraction of sp³-hybridized carbons (Fsp3) is 0.417. The lowest BCUT2D eigenvalue weighted by Crippen LogP contribution is -2.47. The van der Waals surface area contributed by atoms with Gasteiger partial charge in [-0.3, -0.25) is 14.5 Å². The van der Waals surface area contributed by atoms with Gasteiger partial charge in [0.1, 0.15) is 5.82 Å². The molecule has 1 unspecified atom stereocenters. The monoisotopic (exact) mass is 442 g/mol. The van der Waals surface area contributed by atoms with Crippen LogP contribution in [0.1, 0.15) is 17.2 Å². The summed E-state index contributed by atoms with van der Waals surface area (Å²) in [5, 5.41) is 5.40. The summed E-state index contributed by atoms with van der Waals surface area (Å²) in [4.78, 5) is 28.9. The highest BCUT2D eigenvalue weighted by Gasteiger charge is 2.24. The van der Waals surface area contributed by atoms with Gasteiger partial charge in [-0.15, -0.1) is 0 Å². The minimum atomic E-state index is -0.671. The number of benzene rings is 2. The van der Waals surface area contributed by atoms with Crippen molar-refractivity contribution in [1.82, 2.24) is 15.5 Å². The highest BCUT2D eigenvalue weighted by molar-refractivity contribution is 6.35. The Bertz CT molecular complexity index is 881. The van der Waals surface area contributed by atoms with E-state index in [1.54, 1.807) is 12.1 Å². The van der Waals surface area contributed by atoms with Gasteiger partial charge in [0.05, 0.1) is 19.3 Å². The Morgan fingerprint density at radius 3 is 2.25 bits per heavy atom. The minimum Gasteiger partial charge on any atom is -0.379 e. The van der Waals surface area contributed by atoms with E-state index in [9.17, 15) is 14.0 Å². The largest absolute Gasteiger partial charge is 0.379 e. The maximum Gasteiger partial charge on any atom is 0.309 e. The number of rotatable bonds is 8. The lowest BCUT2D eigenvalue weighted by molar-refractivity contribution is -0.139. The lowest BCUT2D eigenvalue weighted by Gasteiger charge is -2.35. The SMILES string of the molecule is CN(C)c1ccc(C(CNC(=O)C(=O)NCCc2ccc(F)cc2)N2CCOCC2)cc1. The number of amides is 2. The van der Waals surface area contributed by atoms with Gasteiger partial charge < -0.3 is 20.3 Å². The Morgan fingerprint density at radius 2 is 1.62 bits per heavy atom. The Labute approximate surface area is 188 Å². The van der Waals surface area contributed by atoms with Crippen molar-refractivity contribution >= 4 is 17.5 Å². The predicted molar refractivity (Wildman–Crippen MR) is 122 cm³/mol. The van der Waals surface area contributed by atoms with Crippen LogP contribution >= 0.6 is 0 Å². The van der Waals surface area contributed by atoms with E-state index in [4.69, 9.17) is 4.74 Å². The molecular weight excluding hydrogens is 411 g/mol. The van der Waals surface area contributed by atoms with Gasteiger partial charge in [-0.25, -0.2) is 4.39 Å². The van der Waals surface area contributed by atoms with Gasteiger partial charge in [0.15, 0.2) is 0 Å². The average molecular weight is 443 g/mol. The number of nitrogens with zero attached hydrogens (tertiary/aromatic N) is 2. The third kappa shape index (κ3) is 6.77. The third-order valence-electron chi connectivity index (χ3n) is 5.56. The van der Waals surface area contributed by atoms with Crippen molar-refractivity contribution in [2.24, 2.45) is 0 Å². The lowest BCUT2D eigenvalue weighted by atomic mass is 10.0. The summed E-state index contributed by atoms with van der Waals surface area (Å²) < 4.78 is 18.4. The maximum atomic E-state index is 13.0. The van der Waals surface area contributed by atoms with Gasteiger partial charge >= 0.3 is 11.8 Å². The number of hydrogen-bond donors (Lipinski definition) is 2. The molecule has 0 spiro atoms. The molecule has 1 fully saturated rings. The zero-order valence-electron chi connectivity index (χ0n) is 18.6. The molecule has 1 aliphatic rings. The summed E-state index contributed by atoms with van der Waals surface area (Å²) >= 11 is 0. The van der Waals surface area contributed by atoms with Crippen LogP contribution in [0.3, 0.4) is 0 Å². The Kier molecular flexibility index (Phi) is 8.58. The molecule has 172 valence electrons. The molecule has 0 bridgehead atoms. The maximum absolute atomic E-state index is 13.0. The fourth-order valence-electron chi connectivity index (χ4n) is 3.66. The molecule has 1 atom stereocenters. The minimum absolute atomic E-state index is 0.0499. The van der Waals surface area contributed by atoms with Gasteiger partial charge in [-0.2, -0.15) is 0 Å².